The van der Waals surface area contributed by atoms with E-state index in [0.29, 0.717) is 0 Å². The standard InChI is InChI=1S/C9H14N2OS/c1-11(10)8-4-3-5-9(13-2)7(8)6-12/h3-5,12H,6,10H2,1-2H3. The number of thioether (sulfide) groups is 1. The molecule has 72 valence electrons. The lowest BCUT2D eigenvalue weighted by Gasteiger charge is -2.17. The predicted molar refractivity (Wildman–Crippen MR) is 56.7 cm³/mol. The van der Waals surface area contributed by atoms with Gasteiger partial charge >= 0.3 is 0 Å². The third-order valence-corrected chi connectivity index (χ3v) is 2.69. The fraction of sp³-hybridized carbons (Fsp3) is 0.333. The van der Waals surface area contributed by atoms with Crippen molar-refractivity contribution in [2.24, 2.45) is 5.84 Å². The molecule has 0 saturated carbocycles. The van der Waals surface area contributed by atoms with Crippen molar-refractivity contribution < 1.29 is 5.11 Å². The van der Waals surface area contributed by atoms with Crippen molar-refractivity contribution in [2.45, 2.75) is 11.5 Å². The number of benzene rings is 1. The van der Waals surface area contributed by atoms with Gasteiger partial charge in [-0.3, -0.25) is 0 Å². The van der Waals surface area contributed by atoms with Crippen molar-refractivity contribution in [3.63, 3.8) is 0 Å². The summed E-state index contributed by atoms with van der Waals surface area (Å²) in [5, 5.41) is 10.7. The number of rotatable bonds is 3. The molecule has 0 aromatic heterocycles. The lowest BCUT2D eigenvalue weighted by molar-refractivity contribution is 0.279. The summed E-state index contributed by atoms with van der Waals surface area (Å²) in [6, 6.07) is 5.80. The monoisotopic (exact) mass is 198 g/mol. The maximum absolute atomic E-state index is 9.18. The van der Waals surface area contributed by atoms with E-state index in [1.807, 2.05) is 24.5 Å². The maximum atomic E-state index is 9.18. The van der Waals surface area contributed by atoms with E-state index in [0.717, 1.165) is 16.1 Å². The third kappa shape index (κ3) is 2.15. The van der Waals surface area contributed by atoms with Gasteiger partial charge in [0.15, 0.2) is 0 Å². The van der Waals surface area contributed by atoms with Gasteiger partial charge in [-0.15, -0.1) is 11.8 Å². The van der Waals surface area contributed by atoms with E-state index in [2.05, 4.69) is 0 Å². The van der Waals surface area contributed by atoms with Crippen molar-refractivity contribution in [3.8, 4) is 0 Å². The van der Waals surface area contributed by atoms with Crippen molar-refractivity contribution in [1.82, 2.24) is 0 Å². The van der Waals surface area contributed by atoms with Crippen LogP contribution in [-0.2, 0) is 6.61 Å². The molecule has 3 N–H and O–H groups in total. The number of hydrogen-bond acceptors (Lipinski definition) is 4. The Morgan fingerprint density at radius 1 is 1.54 bits per heavy atom. The second kappa shape index (κ2) is 4.50. The lowest BCUT2D eigenvalue weighted by atomic mass is 10.2. The molecule has 0 aliphatic heterocycles. The van der Waals surface area contributed by atoms with Gasteiger partial charge in [-0.1, -0.05) is 6.07 Å². The Hall–Kier alpha value is -0.710. The number of aliphatic hydroxyl groups is 1. The normalized spacial score (nSPS) is 10.2. The Morgan fingerprint density at radius 3 is 2.69 bits per heavy atom. The fourth-order valence-corrected chi connectivity index (χ4v) is 1.86. The van der Waals surface area contributed by atoms with Crippen molar-refractivity contribution in [1.29, 1.82) is 0 Å². The zero-order valence-corrected chi connectivity index (χ0v) is 8.64. The van der Waals surface area contributed by atoms with E-state index in [-0.39, 0.29) is 6.61 Å². The Kier molecular flexibility index (Phi) is 3.59. The number of anilines is 1. The molecule has 0 aliphatic rings. The van der Waals surface area contributed by atoms with Crippen molar-refractivity contribution >= 4 is 17.4 Å². The topological polar surface area (TPSA) is 49.5 Å². The Balaban J connectivity index is 3.19. The SMILES string of the molecule is CSc1cccc(N(C)N)c1CO. The minimum atomic E-state index is 0.0217. The lowest BCUT2D eigenvalue weighted by Crippen LogP contribution is -2.26. The second-order valence-corrected chi connectivity index (χ2v) is 3.58. The molecule has 1 aromatic rings. The van der Waals surface area contributed by atoms with E-state index in [1.165, 1.54) is 5.01 Å². The zero-order valence-electron chi connectivity index (χ0n) is 7.82. The minimum Gasteiger partial charge on any atom is -0.392 e. The van der Waals surface area contributed by atoms with Crippen LogP contribution in [0.25, 0.3) is 0 Å². The van der Waals surface area contributed by atoms with Crippen LogP contribution in [0.3, 0.4) is 0 Å². The summed E-state index contributed by atoms with van der Waals surface area (Å²) in [7, 11) is 1.76. The number of hydrazine groups is 1. The molecule has 3 nitrogen and oxygen atoms in total. The first-order valence-electron chi connectivity index (χ1n) is 3.96. The van der Waals surface area contributed by atoms with Gasteiger partial charge in [-0.2, -0.15) is 0 Å². The predicted octanol–water partition coefficient (Wildman–Crippen LogP) is 1.21. The molecule has 1 rings (SSSR count). The summed E-state index contributed by atoms with van der Waals surface area (Å²) < 4.78 is 0. The highest BCUT2D eigenvalue weighted by molar-refractivity contribution is 7.98. The quantitative estimate of drug-likeness (QED) is 0.435. The van der Waals surface area contributed by atoms with Crippen LogP contribution in [0.4, 0.5) is 5.69 Å². The van der Waals surface area contributed by atoms with E-state index >= 15 is 0 Å². The number of hydrogen-bond donors (Lipinski definition) is 2. The zero-order chi connectivity index (χ0) is 9.84. The van der Waals surface area contributed by atoms with Gasteiger partial charge in [0.05, 0.1) is 12.3 Å². The van der Waals surface area contributed by atoms with Crippen LogP contribution in [0.2, 0.25) is 0 Å². The first-order valence-corrected chi connectivity index (χ1v) is 5.18. The fourth-order valence-electron chi connectivity index (χ4n) is 1.23. The molecule has 0 atom stereocenters. The molecule has 0 fully saturated rings. The number of nitrogens with two attached hydrogens (primary N) is 1. The number of nitrogens with zero attached hydrogens (tertiary/aromatic N) is 1. The summed E-state index contributed by atoms with van der Waals surface area (Å²) in [5.74, 6) is 5.63. The van der Waals surface area contributed by atoms with Gasteiger partial charge in [-0.05, 0) is 18.4 Å². The Morgan fingerprint density at radius 2 is 2.23 bits per heavy atom. The highest BCUT2D eigenvalue weighted by Crippen LogP contribution is 2.27. The summed E-state index contributed by atoms with van der Waals surface area (Å²) in [5.41, 5.74) is 1.76. The molecule has 0 amide bonds. The Bertz CT molecular complexity index is 289. The largest absolute Gasteiger partial charge is 0.392 e. The van der Waals surface area contributed by atoms with Gasteiger partial charge in [0.2, 0.25) is 0 Å². The molecule has 0 saturated heterocycles. The molecule has 13 heavy (non-hydrogen) atoms. The van der Waals surface area contributed by atoms with Gasteiger partial charge in [0.1, 0.15) is 0 Å². The van der Waals surface area contributed by atoms with Crippen LogP contribution >= 0.6 is 11.8 Å². The van der Waals surface area contributed by atoms with E-state index in [9.17, 15) is 5.11 Å². The molecule has 0 radical (unpaired) electrons. The minimum absolute atomic E-state index is 0.0217. The molecule has 0 spiro atoms. The van der Waals surface area contributed by atoms with Crippen LogP contribution in [-0.4, -0.2) is 18.4 Å². The van der Waals surface area contributed by atoms with Crippen molar-refractivity contribution in [2.75, 3.05) is 18.3 Å². The van der Waals surface area contributed by atoms with Gasteiger partial charge < -0.3 is 10.1 Å². The molecule has 4 heteroatoms. The number of aliphatic hydroxyl groups excluding tert-OH is 1. The summed E-state index contributed by atoms with van der Waals surface area (Å²) in [4.78, 5) is 1.07. The van der Waals surface area contributed by atoms with Gasteiger partial charge in [0.25, 0.3) is 0 Å². The maximum Gasteiger partial charge on any atom is 0.0713 e. The summed E-state index contributed by atoms with van der Waals surface area (Å²) in [6.07, 6.45) is 1.98. The van der Waals surface area contributed by atoms with E-state index < -0.39 is 0 Å². The summed E-state index contributed by atoms with van der Waals surface area (Å²) in [6.45, 7) is 0.0217. The molecule has 0 bridgehead atoms. The summed E-state index contributed by atoms with van der Waals surface area (Å²) >= 11 is 1.61. The molecule has 0 unspecified atom stereocenters. The van der Waals surface area contributed by atoms with Gasteiger partial charge in [-0.25, -0.2) is 5.84 Å². The average Bonchev–Trinajstić information content (AvgIpc) is 2.16. The average molecular weight is 198 g/mol. The van der Waals surface area contributed by atoms with Crippen LogP contribution < -0.4 is 10.9 Å². The first-order chi connectivity index (χ1) is 6.20. The third-order valence-electron chi connectivity index (χ3n) is 1.87. The molecular weight excluding hydrogens is 184 g/mol. The smallest absolute Gasteiger partial charge is 0.0713 e. The van der Waals surface area contributed by atoms with Gasteiger partial charge in [0, 0.05) is 17.5 Å². The van der Waals surface area contributed by atoms with Crippen LogP contribution in [0.15, 0.2) is 23.1 Å². The molecule has 0 aliphatic carbocycles. The highest BCUT2D eigenvalue weighted by atomic mass is 32.2. The Labute approximate surface area is 82.5 Å². The molecular formula is C9H14N2OS. The van der Waals surface area contributed by atoms with E-state index in [4.69, 9.17) is 5.84 Å². The first kappa shape index (κ1) is 10.4. The van der Waals surface area contributed by atoms with Crippen LogP contribution in [0.1, 0.15) is 5.56 Å². The van der Waals surface area contributed by atoms with Crippen LogP contribution in [0, 0.1) is 0 Å². The molecule has 1 aromatic carbocycles. The molecule has 0 heterocycles. The second-order valence-electron chi connectivity index (χ2n) is 2.73. The van der Waals surface area contributed by atoms with Crippen molar-refractivity contribution in [3.05, 3.63) is 23.8 Å². The van der Waals surface area contributed by atoms with E-state index in [1.54, 1.807) is 18.8 Å². The van der Waals surface area contributed by atoms with Crippen LogP contribution in [0.5, 0.6) is 0 Å². The highest BCUT2D eigenvalue weighted by Gasteiger charge is 2.07.